The summed E-state index contributed by atoms with van der Waals surface area (Å²) in [7, 11) is 0. The number of rotatable bonds is 5. The van der Waals surface area contributed by atoms with Crippen LogP contribution < -0.4 is 4.87 Å². The Hall–Kier alpha value is -2.39. The van der Waals surface area contributed by atoms with Crippen molar-refractivity contribution >= 4 is 40.9 Å². The second-order valence-electron chi connectivity index (χ2n) is 9.70. The number of hydrogen-bond donors (Lipinski definition) is 2. The summed E-state index contributed by atoms with van der Waals surface area (Å²) in [5, 5.41) is 10.0. The highest BCUT2D eigenvalue weighted by atomic mass is 32.2. The van der Waals surface area contributed by atoms with E-state index in [2.05, 4.69) is 29.2 Å². The molecule has 7 atom stereocenters. The summed E-state index contributed by atoms with van der Waals surface area (Å²) in [6.07, 6.45) is 1.09. The van der Waals surface area contributed by atoms with Gasteiger partial charge < -0.3 is 10.1 Å². The average Bonchev–Trinajstić information content (AvgIpc) is 3.49. The first-order valence-electron chi connectivity index (χ1n) is 11.4. The molecule has 3 heterocycles. The molecule has 2 aromatic rings. The lowest BCUT2D eigenvalue weighted by Crippen LogP contribution is -2.42. The van der Waals surface area contributed by atoms with Gasteiger partial charge in [0.15, 0.2) is 0 Å². The summed E-state index contributed by atoms with van der Waals surface area (Å²) in [5.74, 6) is -1.38. The monoisotopic (exact) mass is 484 g/mol. The topological polar surface area (TPSA) is 108 Å². The molecule has 2 saturated carbocycles. The van der Waals surface area contributed by atoms with Crippen LogP contribution in [0.1, 0.15) is 41.2 Å². The third kappa shape index (κ3) is 3.08. The van der Waals surface area contributed by atoms with Gasteiger partial charge in [-0.05, 0) is 43.1 Å². The Kier molecular flexibility index (Phi) is 4.85. The Bertz CT molecular complexity index is 1220. The van der Waals surface area contributed by atoms with Crippen molar-refractivity contribution in [2.75, 3.05) is 6.54 Å². The van der Waals surface area contributed by atoms with E-state index in [1.54, 1.807) is 11.8 Å². The van der Waals surface area contributed by atoms with Crippen LogP contribution >= 0.6 is 23.1 Å². The molecule has 9 heteroatoms. The molecule has 2 aliphatic carbocycles. The lowest BCUT2D eigenvalue weighted by atomic mass is 9.68. The number of nitrogens with zero attached hydrogens (tertiary/aromatic N) is 1. The predicted molar refractivity (Wildman–Crippen MR) is 123 cm³/mol. The zero-order valence-electron chi connectivity index (χ0n) is 18.0. The number of benzene rings is 1. The number of aromatic amines is 1. The standard InChI is InChI=1S/C24H24N2O5S2/c1-10-4-6-11(7-5-10)15-16-12-9-13(19(16)32-21-20(15)33-24(31)25-21)18-17(12)22(29)26(23(18)30)8-2-3-14(27)28/h4-7,12-13,15-19H,2-3,8-9H2,1H3,(H,25,31)(H,27,28)/t12-,13+,15+,16-,17+,18+,19+/m0/s1. The number of carbonyl (C=O) groups is 3. The van der Waals surface area contributed by atoms with Crippen LogP contribution in [0, 0.1) is 36.5 Å². The Labute approximate surface area is 198 Å². The number of amides is 2. The molecule has 1 aromatic heterocycles. The molecular formula is C24H24N2O5S2. The lowest BCUT2D eigenvalue weighted by molar-refractivity contribution is -0.142. The molecule has 2 amide bonds. The molecule has 6 rings (SSSR count). The van der Waals surface area contributed by atoms with E-state index in [1.165, 1.54) is 21.8 Å². The number of H-pyrrole nitrogens is 1. The Morgan fingerprint density at radius 2 is 1.82 bits per heavy atom. The van der Waals surface area contributed by atoms with E-state index in [1.807, 2.05) is 6.92 Å². The lowest BCUT2D eigenvalue weighted by Gasteiger charge is -2.43. The van der Waals surface area contributed by atoms with Crippen LogP contribution in [-0.4, -0.2) is 44.6 Å². The van der Waals surface area contributed by atoms with E-state index in [0.717, 1.165) is 21.9 Å². The molecule has 0 radical (unpaired) electrons. The van der Waals surface area contributed by atoms with Gasteiger partial charge in [-0.15, -0.1) is 11.8 Å². The minimum absolute atomic E-state index is 0.0377. The number of fused-ring (bicyclic) bond motifs is 9. The fourth-order valence-corrected chi connectivity index (χ4v) is 9.72. The van der Waals surface area contributed by atoms with Gasteiger partial charge in [-0.2, -0.15) is 0 Å². The van der Waals surface area contributed by atoms with E-state index < -0.39 is 5.97 Å². The van der Waals surface area contributed by atoms with Crippen molar-refractivity contribution in [2.24, 2.45) is 29.6 Å². The van der Waals surface area contributed by atoms with E-state index in [0.29, 0.717) is 0 Å². The minimum atomic E-state index is -0.919. The second kappa shape index (κ2) is 7.56. The molecule has 2 N–H and O–H groups in total. The number of aliphatic carboxylic acids is 1. The van der Waals surface area contributed by atoms with Gasteiger partial charge in [0, 0.05) is 29.0 Å². The van der Waals surface area contributed by atoms with E-state index in [9.17, 15) is 19.2 Å². The SMILES string of the molecule is Cc1ccc([C@H]2c3sc(=O)[nH]c3S[C@@H]3[C@@H]4C[C@H]([C@H]5C(=O)N(CCCC(=O)O)C(=O)[C@H]45)[C@@H]23)cc1. The maximum absolute atomic E-state index is 13.4. The highest BCUT2D eigenvalue weighted by Crippen LogP contribution is 2.68. The Morgan fingerprint density at radius 1 is 1.12 bits per heavy atom. The van der Waals surface area contributed by atoms with Crippen molar-refractivity contribution in [3.05, 3.63) is 49.9 Å². The summed E-state index contributed by atoms with van der Waals surface area (Å²) in [5.41, 5.74) is 2.33. The van der Waals surface area contributed by atoms with Gasteiger partial charge in [-0.3, -0.25) is 24.1 Å². The molecule has 0 spiro atoms. The van der Waals surface area contributed by atoms with Gasteiger partial charge in [0.05, 0.1) is 16.9 Å². The molecule has 2 aliphatic heterocycles. The summed E-state index contributed by atoms with van der Waals surface area (Å²) >= 11 is 2.95. The van der Waals surface area contributed by atoms with Crippen molar-refractivity contribution in [2.45, 2.75) is 42.4 Å². The van der Waals surface area contributed by atoms with E-state index >= 15 is 0 Å². The molecule has 3 fully saturated rings. The van der Waals surface area contributed by atoms with Crippen molar-refractivity contribution in [3.63, 3.8) is 0 Å². The number of thioether (sulfide) groups is 1. The van der Waals surface area contributed by atoms with Gasteiger partial charge in [-0.25, -0.2) is 0 Å². The molecule has 7 nitrogen and oxygen atoms in total. The molecule has 2 bridgehead atoms. The number of carboxylic acids is 1. The summed E-state index contributed by atoms with van der Waals surface area (Å²) in [6, 6.07) is 8.44. The number of hydrogen-bond acceptors (Lipinski definition) is 6. The quantitative estimate of drug-likeness (QED) is 0.632. The zero-order valence-corrected chi connectivity index (χ0v) is 19.7. The van der Waals surface area contributed by atoms with Crippen molar-refractivity contribution in [1.82, 2.24) is 9.88 Å². The zero-order chi connectivity index (χ0) is 23.0. The van der Waals surface area contributed by atoms with Crippen LogP contribution in [0.3, 0.4) is 0 Å². The maximum atomic E-state index is 13.4. The highest BCUT2D eigenvalue weighted by Gasteiger charge is 2.69. The smallest absolute Gasteiger partial charge is 0.305 e. The number of carbonyl (C=O) groups excluding carboxylic acids is 2. The third-order valence-corrected chi connectivity index (χ3v) is 10.6. The summed E-state index contributed by atoms with van der Waals surface area (Å²) < 4.78 is 0. The van der Waals surface area contributed by atoms with Crippen molar-refractivity contribution in [3.8, 4) is 0 Å². The van der Waals surface area contributed by atoms with Gasteiger partial charge in [-0.1, -0.05) is 41.2 Å². The third-order valence-electron chi connectivity index (χ3n) is 8.02. The number of aryl methyl sites for hydroxylation is 1. The van der Waals surface area contributed by atoms with Crippen molar-refractivity contribution < 1.29 is 19.5 Å². The fourth-order valence-electron chi connectivity index (χ4n) is 6.83. The first-order chi connectivity index (χ1) is 15.8. The van der Waals surface area contributed by atoms with Crippen LogP contribution in [0.15, 0.2) is 34.1 Å². The maximum Gasteiger partial charge on any atom is 0.305 e. The number of likely N-dealkylation sites (tertiary alicyclic amines) is 1. The number of nitrogens with one attached hydrogen (secondary N) is 1. The molecule has 4 aliphatic rings. The van der Waals surface area contributed by atoms with Gasteiger partial charge in [0.25, 0.3) is 0 Å². The van der Waals surface area contributed by atoms with Gasteiger partial charge in [0.2, 0.25) is 11.8 Å². The van der Waals surface area contributed by atoms with Crippen LogP contribution in [0.5, 0.6) is 0 Å². The van der Waals surface area contributed by atoms with Crippen LogP contribution in [0.25, 0.3) is 0 Å². The minimum Gasteiger partial charge on any atom is -0.481 e. The first kappa shape index (κ1) is 21.2. The highest BCUT2D eigenvalue weighted by molar-refractivity contribution is 8.00. The van der Waals surface area contributed by atoms with Crippen LogP contribution in [-0.2, 0) is 14.4 Å². The van der Waals surface area contributed by atoms with Crippen LogP contribution in [0.4, 0.5) is 0 Å². The van der Waals surface area contributed by atoms with Crippen LogP contribution in [0.2, 0.25) is 0 Å². The molecule has 0 unspecified atom stereocenters. The Morgan fingerprint density at radius 3 is 2.52 bits per heavy atom. The van der Waals surface area contributed by atoms with E-state index in [4.69, 9.17) is 5.11 Å². The summed E-state index contributed by atoms with van der Waals surface area (Å²) in [6.45, 7) is 2.23. The van der Waals surface area contributed by atoms with Gasteiger partial charge in [0.1, 0.15) is 0 Å². The van der Waals surface area contributed by atoms with Crippen molar-refractivity contribution in [1.29, 1.82) is 0 Å². The normalized spacial score (nSPS) is 33.8. The van der Waals surface area contributed by atoms with Gasteiger partial charge >= 0.3 is 10.8 Å². The summed E-state index contributed by atoms with van der Waals surface area (Å²) in [4.78, 5) is 55.1. The predicted octanol–water partition coefficient (Wildman–Crippen LogP) is 3.08. The second-order valence-corrected chi connectivity index (χ2v) is 11.9. The number of thiazole rings is 1. The molecule has 1 saturated heterocycles. The largest absolute Gasteiger partial charge is 0.481 e. The fraction of sp³-hybridized carbons (Fsp3) is 0.500. The van der Waals surface area contributed by atoms with E-state index in [-0.39, 0.29) is 76.8 Å². The number of imide groups is 1. The molecule has 172 valence electrons. The number of carboxylic acid groups (broad SMARTS) is 1. The number of aromatic nitrogens is 1. The first-order valence-corrected chi connectivity index (χ1v) is 13.1. The molecule has 33 heavy (non-hydrogen) atoms. The molecular weight excluding hydrogens is 460 g/mol. The Balaban J connectivity index is 1.37. The molecule has 1 aromatic carbocycles. The average molecular weight is 485 g/mol.